The molecule has 0 aliphatic carbocycles. The smallest absolute Gasteiger partial charge is 0.150 e. The van der Waals surface area contributed by atoms with Crippen LogP contribution < -0.4 is 0 Å². The van der Waals surface area contributed by atoms with Gasteiger partial charge in [0.15, 0.2) is 9.84 Å². The van der Waals surface area contributed by atoms with E-state index in [1.165, 1.54) is 0 Å². The molecule has 0 aromatic carbocycles. The van der Waals surface area contributed by atoms with Crippen LogP contribution in [0.15, 0.2) is 0 Å². The van der Waals surface area contributed by atoms with E-state index >= 15 is 0 Å². The summed E-state index contributed by atoms with van der Waals surface area (Å²) in [6, 6.07) is 0. The molecular formula is C10H16O3S. The van der Waals surface area contributed by atoms with Crippen molar-refractivity contribution in [2.45, 2.75) is 31.8 Å². The van der Waals surface area contributed by atoms with E-state index in [0.29, 0.717) is 25.7 Å². The summed E-state index contributed by atoms with van der Waals surface area (Å²) >= 11 is 0. The van der Waals surface area contributed by atoms with Gasteiger partial charge in [0.05, 0.1) is 17.6 Å². The van der Waals surface area contributed by atoms with E-state index in [1.54, 1.807) is 0 Å². The van der Waals surface area contributed by atoms with Gasteiger partial charge in [-0.1, -0.05) is 0 Å². The average molecular weight is 216 g/mol. The maximum Gasteiger partial charge on any atom is 0.150 e. The minimum absolute atomic E-state index is 0.132. The summed E-state index contributed by atoms with van der Waals surface area (Å²) in [5.74, 6) is 3.11. The summed E-state index contributed by atoms with van der Waals surface area (Å²) in [5, 5.41) is 9.52. The van der Waals surface area contributed by atoms with Crippen molar-refractivity contribution >= 4 is 9.84 Å². The van der Waals surface area contributed by atoms with Crippen molar-refractivity contribution < 1.29 is 13.5 Å². The molecule has 1 N–H and O–H groups in total. The molecule has 0 radical (unpaired) electrons. The maximum atomic E-state index is 11.1. The fourth-order valence-electron chi connectivity index (χ4n) is 1.81. The van der Waals surface area contributed by atoms with Crippen LogP contribution in [0.2, 0.25) is 0 Å². The fourth-order valence-corrected chi connectivity index (χ4v) is 3.69. The van der Waals surface area contributed by atoms with Crippen LogP contribution in [0.4, 0.5) is 0 Å². The van der Waals surface area contributed by atoms with Crippen molar-refractivity contribution in [1.82, 2.24) is 0 Å². The van der Waals surface area contributed by atoms with Gasteiger partial charge in [-0.05, 0) is 25.2 Å². The average Bonchev–Trinajstić information content (AvgIpc) is 2.42. The standard InChI is InChI=1S/C10H16O3S/c1-2-3-4-10(11)7-9-5-6-14(12,13)8-9/h1,9-11H,3-8H2. The highest BCUT2D eigenvalue weighted by Crippen LogP contribution is 2.23. The molecule has 1 heterocycles. The third kappa shape index (κ3) is 3.69. The molecule has 1 saturated heterocycles. The predicted octanol–water partition coefficient (Wildman–Crippen LogP) is 0.585. The zero-order chi connectivity index (χ0) is 10.6. The molecule has 14 heavy (non-hydrogen) atoms. The Morgan fingerprint density at radius 1 is 1.57 bits per heavy atom. The van der Waals surface area contributed by atoms with Crippen molar-refractivity contribution in [3.8, 4) is 12.3 Å². The van der Waals surface area contributed by atoms with Crippen LogP contribution in [-0.4, -0.2) is 31.1 Å². The fraction of sp³-hybridized carbons (Fsp3) is 0.800. The van der Waals surface area contributed by atoms with Crippen LogP contribution in [0.1, 0.15) is 25.7 Å². The number of hydrogen-bond acceptors (Lipinski definition) is 3. The molecular weight excluding hydrogens is 200 g/mol. The van der Waals surface area contributed by atoms with Gasteiger partial charge in [-0.3, -0.25) is 0 Å². The van der Waals surface area contributed by atoms with Crippen molar-refractivity contribution in [2.75, 3.05) is 11.5 Å². The Labute approximate surface area is 85.4 Å². The van der Waals surface area contributed by atoms with Gasteiger partial charge in [-0.2, -0.15) is 0 Å². The molecule has 4 heteroatoms. The largest absolute Gasteiger partial charge is 0.393 e. The maximum absolute atomic E-state index is 11.1. The number of rotatable bonds is 4. The van der Waals surface area contributed by atoms with E-state index in [9.17, 15) is 13.5 Å². The Balaban J connectivity index is 2.29. The number of aliphatic hydroxyl groups is 1. The summed E-state index contributed by atoms with van der Waals surface area (Å²) in [6.45, 7) is 0. The van der Waals surface area contributed by atoms with E-state index in [1.807, 2.05) is 0 Å². The third-order valence-corrected chi connectivity index (χ3v) is 4.39. The second-order valence-electron chi connectivity index (χ2n) is 3.90. The molecule has 0 aromatic heterocycles. The number of aliphatic hydroxyl groups excluding tert-OH is 1. The van der Waals surface area contributed by atoms with Gasteiger partial charge in [0, 0.05) is 6.42 Å². The van der Waals surface area contributed by atoms with Crippen LogP contribution in [0.5, 0.6) is 0 Å². The minimum Gasteiger partial charge on any atom is -0.393 e. The minimum atomic E-state index is -2.81. The van der Waals surface area contributed by atoms with Crippen molar-refractivity contribution in [3.05, 3.63) is 0 Å². The Kier molecular flexibility index (Phi) is 3.97. The Bertz CT molecular complexity index is 313. The zero-order valence-corrected chi connectivity index (χ0v) is 8.96. The van der Waals surface area contributed by atoms with Gasteiger partial charge < -0.3 is 5.11 Å². The number of terminal acetylenes is 1. The molecule has 0 aromatic rings. The van der Waals surface area contributed by atoms with Crippen molar-refractivity contribution in [2.24, 2.45) is 5.92 Å². The molecule has 3 nitrogen and oxygen atoms in total. The first-order chi connectivity index (χ1) is 6.53. The van der Waals surface area contributed by atoms with Crippen LogP contribution in [-0.2, 0) is 9.84 Å². The normalized spacial score (nSPS) is 27.0. The molecule has 0 spiro atoms. The molecule has 2 unspecified atom stereocenters. The van der Waals surface area contributed by atoms with Gasteiger partial charge in [0.25, 0.3) is 0 Å². The van der Waals surface area contributed by atoms with Crippen LogP contribution >= 0.6 is 0 Å². The van der Waals surface area contributed by atoms with Crippen molar-refractivity contribution in [3.63, 3.8) is 0 Å². The quantitative estimate of drug-likeness (QED) is 0.700. The van der Waals surface area contributed by atoms with E-state index in [0.717, 1.165) is 0 Å². The second kappa shape index (κ2) is 4.81. The lowest BCUT2D eigenvalue weighted by Crippen LogP contribution is -2.14. The highest BCUT2D eigenvalue weighted by atomic mass is 32.2. The van der Waals surface area contributed by atoms with E-state index in [2.05, 4.69) is 5.92 Å². The number of sulfone groups is 1. The topological polar surface area (TPSA) is 54.4 Å². The molecule has 0 bridgehead atoms. The summed E-state index contributed by atoms with van der Waals surface area (Å²) in [4.78, 5) is 0. The predicted molar refractivity (Wildman–Crippen MR) is 55.5 cm³/mol. The highest BCUT2D eigenvalue weighted by Gasteiger charge is 2.28. The first-order valence-corrected chi connectivity index (χ1v) is 6.67. The third-order valence-electron chi connectivity index (χ3n) is 2.55. The number of hydrogen-bond donors (Lipinski definition) is 1. The molecule has 0 saturated carbocycles. The molecule has 80 valence electrons. The van der Waals surface area contributed by atoms with Gasteiger partial charge in [0.2, 0.25) is 0 Å². The van der Waals surface area contributed by atoms with E-state index in [4.69, 9.17) is 6.42 Å². The van der Waals surface area contributed by atoms with Gasteiger partial charge in [-0.15, -0.1) is 12.3 Å². The molecule has 0 amide bonds. The van der Waals surface area contributed by atoms with Crippen molar-refractivity contribution in [1.29, 1.82) is 0 Å². The second-order valence-corrected chi connectivity index (χ2v) is 6.13. The summed E-state index contributed by atoms with van der Waals surface area (Å²) in [5.41, 5.74) is 0. The lowest BCUT2D eigenvalue weighted by Gasteiger charge is -2.12. The lowest BCUT2D eigenvalue weighted by atomic mass is 9.99. The molecule has 1 fully saturated rings. The zero-order valence-electron chi connectivity index (χ0n) is 8.15. The molecule has 1 rings (SSSR count). The lowest BCUT2D eigenvalue weighted by molar-refractivity contribution is 0.139. The SMILES string of the molecule is C#CCCC(O)CC1CCS(=O)(=O)C1. The highest BCUT2D eigenvalue weighted by molar-refractivity contribution is 7.91. The Hall–Kier alpha value is -0.530. The first-order valence-electron chi connectivity index (χ1n) is 4.85. The van der Waals surface area contributed by atoms with Gasteiger partial charge in [-0.25, -0.2) is 8.42 Å². The molecule has 1 aliphatic rings. The molecule has 1 aliphatic heterocycles. The Morgan fingerprint density at radius 3 is 2.79 bits per heavy atom. The Morgan fingerprint density at radius 2 is 2.29 bits per heavy atom. The van der Waals surface area contributed by atoms with Crippen LogP contribution in [0.3, 0.4) is 0 Å². The van der Waals surface area contributed by atoms with Crippen LogP contribution in [0.25, 0.3) is 0 Å². The van der Waals surface area contributed by atoms with E-state index in [-0.39, 0.29) is 17.4 Å². The van der Waals surface area contributed by atoms with Crippen LogP contribution in [0, 0.1) is 18.3 Å². The summed E-state index contributed by atoms with van der Waals surface area (Å²) in [7, 11) is -2.81. The van der Waals surface area contributed by atoms with Gasteiger partial charge >= 0.3 is 0 Å². The first kappa shape index (κ1) is 11.5. The summed E-state index contributed by atoms with van der Waals surface area (Å²) in [6.07, 6.45) is 7.02. The van der Waals surface area contributed by atoms with E-state index < -0.39 is 15.9 Å². The molecule has 2 atom stereocenters. The summed E-state index contributed by atoms with van der Waals surface area (Å²) < 4.78 is 22.2. The van der Waals surface area contributed by atoms with Gasteiger partial charge in [0.1, 0.15) is 0 Å². The monoisotopic (exact) mass is 216 g/mol.